The van der Waals surface area contributed by atoms with Crippen molar-refractivity contribution in [3.8, 4) is 33.6 Å². The Balaban J connectivity index is 0.000000235. The number of nitrogens with zero attached hydrogens (tertiary/aromatic N) is 2. The predicted octanol–water partition coefficient (Wildman–Crippen LogP) is 9.44. The monoisotopic (exact) mass is 791 g/mol. The number of rotatable bonds is 6. The minimum absolute atomic E-state index is 0. The van der Waals surface area contributed by atoms with E-state index < -0.39 is 16.1 Å². The molecule has 0 spiro atoms. The second kappa shape index (κ2) is 14.9. The normalized spacial score (nSPS) is 11.7. The molecule has 0 atom stereocenters. The molecule has 0 bridgehead atoms. The Morgan fingerprint density at radius 2 is 1.09 bits per heavy atom. The van der Waals surface area contributed by atoms with Gasteiger partial charge in [-0.2, -0.15) is 0 Å². The summed E-state index contributed by atoms with van der Waals surface area (Å²) in [5.41, 5.74) is 8.47. The van der Waals surface area contributed by atoms with Gasteiger partial charge >= 0.3 is 0 Å². The molecule has 0 aliphatic carbocycles. The Kier molecular flexibility index (Phi) is 12.0. The van der Waals surface area contributed by atoms with Crippen LogP contribution in [0.5, 0.6) is 0 Å². The van der Waals surface area contributed by atoms with Gasteiger partial charge in [-0.05, 0) is 44.7 Å². The second-order valence-electron chi connectivity index (χ2n) is 14.5. The summed E-state index contributed by atoms with van der Waals surface area (Å²) in [6, 6.07) is 37.7. The van der Waals surface area contributed by atoms with Gasteiger partial charge < -0.3 is 9.97 Å². The molecule has 0 saturated heterocycles. The van der Waals surface area contributed by atoms with Crippen molar-refractivity contribution in [3.05, 3.63) is 121 Å². The molecule has 0 aliphatic rings. The first-order valence-corrected chi connectivity index (χ1v) is 22.2. The van der Waals surface area contributed by atoms with Crippen LogP contribution in [0.15, 0.2) is 103 Å². The van der Waals surface area contributed by atoms with Gasteiger partial charge in [0.25, 0.3) is 0 Å². The zero-order valence-electron chi connectivity index (χ0n) is 27.7. The van der Waals surface area contributed by atoms with Gasteiger partial charge in [-0.1, -0.05) is 108 Å². The fourth-order valence-electron chi connectivity index (χ4n) is 5.20. The number of aromatic nitrogens is 2. The van der Waals surface area contributed by atoms with Crippen LogP contribution in [0.4, 0.5) is 0 Å². The van der Waals surface area contributed by atoms with E-state index in [1.165, 1.54) is 27.1 Å². The number of hydrogen-bond donors (Lipinski definition) is 0. The summed E-state index contributed by atoms with van der Waals surface area (Å²) < 4.78 is 0. The van der Waals surface area contributed by atoms with E-state index in [0.717, 1.165) is 28.9 Å². The van der Waals surface area contributed by atoms with Crippen molar-refractivity contribution in [1.29, 1.82) is 0 Å². The van der Waals surface area contributed by atoms with E-state index >= 15 is 0 Å². The Hall–Kier alpha value is -2.96. The van der Waals surface area contributed by atoms with E-state index in [9.17, 15) is 0 Å². The Bertz CT molecular complexity index is 1620. The van der Waals surface area contributed by atoms with E-state index in [-0.39, 0.29) is 25.5 Å². The number of pyridine rings is 2. The van der Waals surface area contributed by atoms with E-state index in [0.29, 0.717) is 0 Å². The van der Waals surface area contributed by atoms with Gasteiger partial charge in [0.15, 0.2) is 0 Å². The van der Waals surface area contributed by atoms with Crippen molar-refractivity contribution < 1.29 is 20.1 Å². The molecule has 0 saturated carbocycles. The molecule has 5 rings (SSSR count). The van der Waals surface area contributed by atoms with Gasteiger partial charge in [0.1, 0.15) is 0 Å². The number of benzene rings is 3. The summed E-state index contributed by atoms with van der Waals surface area (Å²) in [4.78, 5) is 9.41. The quantitative estimate of drug-likeness (QED) is 0.127. The van der Waals surface area contributed by atoms with Crippen LogP contribution in [0, 0.1) is 17.5 Å². The van der Waals surface area contributed by atoms with Crippen LogP contribution in [-0.2, 0) is 26.5 Å². The van der Waals surface area contributed by atoms with Crippen LogP contribution in [0.1, 0.15) is 26.3 Å². The molecule has 2 nitrogen and oxygen atoms in total. The van der Waals surface area contributed by atoms with Gasteiger partial charge in [-0.15, -0.1) is 71.8 Å². The SMILES string of the molecule is CC(C)(C)Cc1cc(-c2[c-]cccc2)ncc1[Si](C)(C)C.C[Si](C)(C)c1cnc(-c2[c-]cccc2)cc1-c1ccccc1.[Ir]. The molecule has 1 radical (unpaired) electrons. The van der Waals surface area contributed by atoms with Crippen molar-refractivity contribution in [2.75, 3.05) is 0 Å². The third kappa shape index (κ3) is 9.77. The molecule has 0 unspecified atom stereocenters. The largest absolute Gasteiger partial charge is 0.305 e. The Labute approximate surface area is 281 Å². The van der Waals surface area contributed by atoms with Crippen LogP contribution in [0.25, 0.3) is 33.6 Å². The van der Waals surface area contributed by atoms with Gasteiger partial charge in [-0.3, -0.25) is 0 Å². The zero-order valence-corrected chi connectivity index (χ0v) is 32.1. The van der Waals surface area contributed by atoms with Crippen LogP contribution >= 0.6 is 0 Å². The van der Waals surface area contributed by atoms with Gasteiger partial charge in [0.2, 0.25) is 0 Å². The molecule has 44 heavy (non-hydrogen) atoms. The second-order valence-corrected chi connectivity index (χ2v) is 24.6. The van der Waals surface area contributed by atoms with E-state index in [2.05, 4.69) is 139 Å². The van der Waals surface area contributed by atoms with Crippen LogP contribution in [-0.4, -0.2) is 26.1 Å². The average Bonchev–Trinajstić information content (AvgIpc) is 2.97. The molecule has 2 aromatic heterocycles. The topological polar surface area (TPSA) is 25.8 Å². The minimum Gasteiger partial charge on any atom is -0.305 e. The van der Waals surface area contributed by atoms with Crippen molar-refractivity contribution in [1.82, 2.24) is 9.97 Å². The van der Waals surface area contributed by atoms with Crippen molar-refractivity contribution >= 4 is 26.5 Å². The van der Waals surface area contributed by atoms with Crippen LogP contribution in [0.2, 0.25) is 39.3 Å². The standard InChI is InChI=1S/C20H20NSi.C19H26NSi.Ir/c1-22(2,3)20-15-21-19(17-12-8-5-9-13-17)14-18(20)16-10-6-4-7-11-16;1-19(2,3)13-16-12-17(15-10-8-7-9-11-15)20-14-18(16)21(4,5)6;/h4-12,14-15H,1-3H3;7-10,12,14H,13H2,1-6H3;/q2*-1;. The van der Waals surface area contributed by atoms with Gasteiger partial charge in [0, 0.05) is 32.5 Å². The summed E-state index contributed by atoms with van der Waals surface area (Å²) in [6.45, 7) is 21.2. The Morgan fingerprint density at radius 1 is 0.614 bits per heavy atom. The molecule has 0 N–H and O–H groups in total. The molecule has 0 amide bonds. The molecule has 0 aliphatic heterocycles. The molecule has 231 valence electrons. The molecule has 2 heterocycles. The maximum atomic E-state index is 4.71. The summed E-state index contributed by atoms with van der Waals surface area (Å²) in [5, 5.41) is 2.88. The third-order valence-corrected chi connectivity index (χ3v) is 11.4. The van der Waals surface area contributed by atoms with Crippen molar-refractivity contribution in [3.63, 3.8) is 0 Å². The fraction of sp³-hybridized carbons (Fsp3) is 0.282. The van der Waals surface area contributed by atoms with E-state index in [4.69, 9.17) is 9.97 Å². The predicted molar refractivity (Wildman–Crippen MR) is 192 cm³/mol. The van der Waals surface area contributed by atoms with E-state index in [1.807, 2.05) is 36.4 Å². The summed E-state index contributed by atoms with van der Waals surface area (Å²) in [6.07, 6.45) is 5.28. The maximum absolute atomic E-state index is 4.71. The minimum atomic E-state index is -1.46. The van der Waals surface area contributed by atoms with Crippen molar-refractivity contribution in [2.45, 2.75) is 66.5 Å². The first kappa shape index (κ1) is 35.5. The van der Waals surface area contributed by atoms with Crippen LogP contribution < -0.4 is 10.4 Å². The zero-order chi connectivity index (χ0) is 31.3. The third-order valence-electron chi connectivity index (χ3n) is 7.29. The molecule has 0 fully saturated rings. The first-order chi connectivity index (χ1) is 20.2. The average molecular weight is 791 g/mol. The first-order valence-electron chi connectivity index (χ1n) is 15.2. The van der Waals surface area contributed by atoms with Crippen LogP contribution in [0.3, 0.4) is 0 Å². The molecule has 5 aromatic rings. The van der Waals surface area contributed by atoms with Gasteiger partial charge in [-0.25, -0.2) is 0 Å². The smallest absolute Gasteiger partial charge is 0.0803 e. The molecule has 3 aromatic carbocycles. The summed E-state index contributed by atoms with van der Waals surface area (Å²) in [5.74, 6) is 0. The fourth-order valence-corrected chi connectivity index (χ4v) is 8.25. The summed E-state index contributed by atoms with van der Waals surface area (Å²) in [7, 11) is -2.83. The van der Waals surface area contributed by atoms with Gasteiger partial charge in [0.05, 0.1) is 16.1 Å². The maximum Gasteiger partial charge on any atom is 0.0803 e. The van der Waals surface area contributed by atoms with E-state index in [1.54, 1.807) is 0 Å². The Morgan fingerprint density at radius 3 is 1.55 bits per heavy atom. The summed E-state index contributed by atoms with van der Waals surface area (Å²) >= 11 is 0. The molecular weight excluding hydrogens is 745 g/mol. The molecular formula is C39H46IrN2Si2-2. The van der Waals surface area contributed by atoms with Crippen molar-refractivity contribution in [2.24, 2.45) is 5.41 Å². The number of hydrogen-bond acceptors (Lipinski definition) is 2. The molecule has 5 heteroatoms.